The molecule has 0 saturated carbocycles. The first-order chi connectivity index (χ1) is 17.2. The first-order valence-corrected chi connectivity index (χ1v) is 12.9. The highest BCUT2D eigenvalue weighted by molar-refractivity contribution is 9.10. The lowest BCUT2D eigenvalue weighted by Gasteiger charge is -2.35. The summed E-state index contributed by atoms with van der Waals surface area (Å²) in [7, 11) is 0. The zero-order valence-corrected chi connectivity index (χ0v) is 22.0. The number of para-hydroxylation sites is 1. The van der Waals surface area contributed by atoms with E-state index in [-0.39, 0.29) is 17.0 Å². The molecule has 0 radical (unpaired) electrons. The summed E-state index contributed by atoms with van der Waals surface area (Å²) in [5.41, 5.74) is 5.76. The highest BCUT2D eigenvalue weighted by Gasteiger charge is 2.40. The van der Waals surface area contributed by atoms with Gasteiger partial charge in [0.15, 0.2) is 11.6 Å². The van der Waals surface area contributed by atoms with Crippen molar-refractivity contribution in [3.8, 4) is 17.1 Å². The molecule has 4 nitrogen and oxygen atoms in total. The third-order valence-corrected chi connectivity index (χ3v) is 7.61. The second-order valence-corrected chi connectivity index (χ2v) is 11.4. The van der Waals surface area contributed by atoms with Crippen LogP contribution in [0, 0.1) is 12.3 Å². The Kier molecular flexibility index (Phi) is 5.23. The van der Waals surface area contributed by atoms with E-state index < -0.39 is 0 Å². The molecule has 0 saturated heterocycles. The number of carbonyl (C=O) groups is 2. The van der Waals surface area contributed by atoms with Crippen LogP contribution in [0.5, 0.6) is 0 Å². The largest absolute Gasteiger partial charge is 0.298 e. The molecule has 6 rings (SSSR count). The van der Waals surface area contributed by atoms with Crippen LogP contribution in [0.1, 0.15) is 57.8 Å². The molecular weight excluding hydrogens is 512 g/mol. The van der Waals surface area contributed by atoms with Crippen LogP contribution in [0.3, 0.4) is 0 Å². The maximum Gasteiger partial charge on any atom is 0.194 e. The number of ketones is 2. The Hall–Kier alpha value is -3.57. The molecular formula is C31H25BrN2O2. The summed E-state index contributed by atoms with van der Waals surface area (Å²) in [6.07, 6.45) is 1.06. The predicted molar refractivity (Wildman–Crippen MR) is 146 cm³/mol. The number of benzene rings is 3. The molecule has 0 unspecified atom stereocenters. The third kappa shape index (κ3) is 3.61. The van der Waals surface area contributed by atoms with Crippen molar-refractivity contribution in [1.29, 1.82) is 0 Å². The summed E-state index contributed by atoms with van der Waals surface area (Å²) in [6, 6.07) is 23.5. The SMILES string of the molecule is Cc1ccc(C(=O)c2c3c(n(-c4ccc(Br)cc4)c4nc5ccccc5c2-4)CC(C)(C)CC3=O)cc1. The summed E-state index contributed by atoms with van der Waals surface area (Å²) in [5, 5.41) is 0.884. The number of aromatic nitrogens is 2. The predicted octanol–water partition coefficient (Wildman–Crippen LogP) is 7.59. The van der Waals surface area contributed by atoms with Gasteiger partial charge in [-0.1, -0.05) is 77.8 Å². The molecule has 0 N–H and O–H groups in total. The Labute approximate surface area is 218 Å². The van der Waals surface area contributed by atoms with Crippen molar-refractivity contribution in [2.45, 2.75) is 33.6 Å². The van der Waals surface area contributed by atoms with Gasteiger partial charge in [0.05, 0.1) is 5.52 Å². The molecule has 0 fully saturated rings. The Morgan fingerprint density at radius 1 is 0.917 bits per heavy atom. The molecule has 0 aromatic heterocycles. The van der Waals surface area contributed by atoms with E-state index in [0.717, 1.165) is 37.9 Å². The van der Waals surface area contributed by atoms with Gasteiger partial charge in [-0.3, -0.25) is 14.2 Å². The van der Waals surface area contributed by atoms with Crippen LogP contribution < -0.4 is 0 Å². The number of carbonyl (C=O) groups excluding carboxylic acids is 2. The number of nitrogens with zero attached hydrogens (tertiary/aromatic N) is 2. The summed E-state index contributed by atoms with van der Waals surface area (Å²) < 4.78 is 3.07. The van der Waals surface area contributed by atoms with Gasteiger partial charge in [-0.05, 0) is 49.1 Å². The minimum Gasteiger partial charge on any atom is -0.298 e. The highest BCUT2D eigenvalue weighted by Crippen LogP contribution is 2.45. The Morgan fingerprint density at radius 3 is 2.33 bits per heavy atom. The molecule has 178 valence electrons. The fraction of sp³-hybridized carbons (Fsp3) is 0.194. The monoisotopic (exact) mass is 536 g/mol. The Morgan fingerprint density at radius 2 is 1.61 bits per heavy atom. The van der Waals surface area contributed by atoms with E-state index in [0.29, 0.717) is 35.4 Å². The summed E-state index contributed by atoms with van der Waals surface area (Å²) in [4.78, 5) is 33.1. The molecule has 36 heavy (non-hydrogen) atoms. The summed E-state index contributed by atoms with van der Waals surface area (Å²) in [6.45, 7) is 6.22. The van der Waals surface area contributed by atoms with Crippen LogP contribution in [0.15, 0.2) is 77.3 Å². The van der Waals surface area contributed by atoms with E-state index in [4.69, 9.17) is 4.98 Å². The molecule has 0 amide bonds. The van der Waals surface area contributed by atoms with E-state index in [1.165, 1.54) is 0 Å². The van der Waals surface area contributed by atoms with Gasteiger partial charge < -0.3 is 0 Å². The maximum atomic E-state index is 14.2. The molecule has 2 aliphatic heterocycles. The van der Waals surface area contributed by atoms with Gasteiger partial charge in [-0.25, -0.2) is 4.98 Å². The van der Waals surface area contributed by atoms with E-state index >= 15 is 0 Å². The van der Waals surface area contributed by atoms with Gasteiger partial charge in [0, 0.05) is 49.9 Å². The van der Waals surface area contributed by atoms with Gasteiger partial charge in [-0.15, -0.1) is 0 Å². The summed E-state index contributed by atoms with van der Waals surface area (Å²) >= 11 is 3.54. The lowest BCUT2D eigenvalue weighted by molar-refractivity contribution is 0.0899. The van der Waals surface area contributed by atoms with E-state index in [1.54, 1.807) is 0 Å². The summed E-state index contributed by atoms with van der Waals surface area (Å²) in [5.74, 6) is 0.582. The van der Waals surface area contributed by atoms with Crippen molar-refractivity contribution >= 4 is 38.4 Å². The Bertz CT molecular complexity index is 1640. The topological polar surface area (TPSA) is 52.0 Å². The first-order valence-electron chi connectivity index (χ1n) is 12.1. The van der Waals surface area contributed by atoms with Crippen LogP contribution in [-0.4, -0.2) is 21.1 Å². The molecule has 0 atom stereocenters. The zero-order valence-electron chi connectivity index (χ0n) is 20.4. The molecule has 3 aromatic carbocycles. The van der Waals surface area contributed by atoms with Crippen LogP contribution in [0.4, 0.5) is 0 Å². The van der Waals surface area contributed by atoms with Crippen molar-refractivity contribution in [3.63, 3.8) is 0 Å². The van der Waals surface area contributed by atoms with Crippen LogP contribution in [0.2, 0.25) is 0 Å². The smallest absolute Gasteiger partial charge is 0.194 e. The molecule has 0 spiro atoms. The van der Waals surface area contributed by atoms with Crippen molar-refractivity contribution < 1.29 is 9.59 Å². The van der Waals surface area contributed by atoms with Crippen LogP contribution >= 0.6 is 15.9 Å². The van der Waals surface area contributed by atoms with Gasteiger partial charge in [0.1, 0.15) is 5.82 Å². The molecule has 3 aliphatic rings. The van der Waals surface area contributed by atoms with Gasteiger partial charge in [0.25, 0.3) is 0 Å². The van der Waals surface area contributed by atoms with E-state index in [9.17, 15) is 9.59 Å². The van der Waals surface area contributed by atoms with Crippen LogP contribution in [0.25, 0.3) is 28.0 Å². The molecule has 3 aromatic rings. The minimum atomic E-state index is -0.231. The van der Waals surface area contributed by atoms with Gasteiger partial charge in [-0.2, -0.15) is 0 Å². The van der Waals surface area contributed by atoms with E-state index in [1.807, 2.05) is 79.7 Å². The number of fused-ring (bicyclic) bond motifs is 4. The fourth-order valence-electron chi connectivity index (χ4n) is 5.44. The number of rotatable bonds is 3. The van der Waals surface area contributed by atoms with E-state index in [2.05, 4.69) is 34.3 Å². The normalized spacial score (nSPS) is 14.8. The van der Waals surface area contributed by atoms with Gasteiger partial charge >= 0.3 is 0 Å². The van der Waals surface area contributed by atoms with Crippen LogP contribution in [-0.2, 0) is 6.42 Å². The average molecular weight is 537 g/mol. The van der Waals surface area contributed by atoms with Crippen molar-refractivity contribution in [1.82, 2.24) is 9.55 Å². The zero-order chi connectivity index (χ0) is 25.2. The Balaban J connectivity index is 1.79. The second-order valence-electron chi connectivity index (χ2n) is 10.5. The molecule has 1 aliphatic carbocycles. The number of halogens is 1. The quantitative estimate of drug-likeness (QED) is 0.223. The van der Waals surface area contributed by atoms with Crippen molar-refractivity contribution in [2.75, 3.05) is 0 Å². The average Bonchev–Trinajstić information content (AvgIpc) is 3.22. The number of pyridine rings is 1. The second kappa shape index (κ2) is 8.24. The number of aryl methyl sites for hydroxylation is 1. The highest BCUT2D eigenvalue weighted by atomic mass is 79.9. The third-order valence-electron chi connectivity index (χ3n) is 7.08. The molecule has 2 heterocycles. The number of Topliss-reactive ketones (excluding diaryl/α,β-unsaturated/α-hetero) is 1. The van der Waals surface area contributed by atoms with Gasteiger partial charge in [0.2, 0.25) is 0 Å². The standard InChI is InChI=1S/C31H25BrN2O2/c1-18-8-10-19(11-9-18)29(36)28-26-22-6-4-5-7-23(22)33-30(26)34(21-14-12-20(32)13-15-21)24-16-31(2,3)17-25(35)27(24)28/h4-15H,16-17H2,1-3H3. The lowest BCUT2D eigenvalue weighted by Crippen LogP contribution is -2.33. The lowest BCUT2D eigenvalue weighted by atomic mass is 9.72. The maximum absolute atomic E-state index is 14.2. The fourth-order valence-corrected chi connectivity index (χ4v) is 5.71. The van der Waals surface area contributed by atoms with Crippen molar-refractivity contribution in [2.24, 2.45) is 5.41 Å². The first kappa shape index (κ1) is 22.9. The number of hydrogen-bond acceptors (Lipinski definition) is 3. The molecule has 0 bridgehead atoms. The van der Waals surface area contributed by atoms with Crippen molar-refractivity contribution in [3.05, 3.63) is 105 Å². The molecule has 5 heteroatoms. The number of hydrogen-bond donors (Lipinski definition) is 0. The minimum absolute atomic E-state index is 0.00903.